The van der Waals surface area contributed by atoms with Gasteiger partial charge in [-0.2, -0.15) is 5.10 Å². The minimum Gasteiger partial charge on any atom is -0.466 e. The number of amides is 1. The SMILES string of the molecule is Cc1cc(C(=O)N/N=C(\c2ccccc2)c2ccc(-c3ccccc3)cc2)c(C)o1. The predicted octanol–water partition coefficient (Wildman–Crippen LogP) is 5.75. The number of carbonyl (C=O) groups is 1. The van der Waals surface area contributed by atoms with Crippen LogP contribution in [0, 0.1) is 13.8 Å². The number of benzene rings is 3. The lowest BCUT2D eigenvalue weighted by atomic mass is 9.99. The third-order valence-electron chi connectivity index (χ3n) is 4.87. The van der Waals surface area contributed by atoms with E-state index in [1.807, 2.05) is 67.6 Å². The van der Waals surface area contributed by atoms with Gasteiger partial charge in [-0.15, -0.1) is 0 Å². The first-order valence-electron chi connectivity index (χ1n) is 9.78. The van der Waals surface area contributed by atoms with E-state index in [-0.39, 0.29) is 5.91 Å². The molecule has 1 amide bonds. The van der Waals surface area contributed by atoms with E-state index < -0.39 is 0 Å². The van der Waals surface area contributed by atoms with Crippen molar-refractivity contribution in [2.45, 2.75) is 13.8 Å². The average Bonchev–Trinajstić information content (AvgIpc) is 3.13. The summed E-state index contributed by atoms with van der Waals surface area (Å²) in [5.41, 5.74) is 7.99. The van der Waals surface area contributed by atoms with Gasteiger partial charge in [0.05, 0.1) is 11.3 Å². The summed E-state index contributed by atoms with van der Waals surface area (Å²) in [7, 11) is 0. The molecular formula is C26H22N2O2. The van der Waals surface area contributed by atoms with Gasteiger partial charge in [0.15, 0.2) is 0 Å². The van der Waals surface area contributed by atoms with Crippen LogP contribution in [0.2, 0.25) is 0 Å². The van der Waals surface area contributed by atoms with Crippen molar-refractivity contribution in [3.05, 3.63) is 119 Å². The molecular weight excluding hydrogens is 372 g/mol. The summed E-state index contributed by atoms with van der Waals surface area (Å²) >= 11 is 0. The summed E-state index contributed by atoms with van der Waals surface area (Å²) < 4.78 is 5.46. The van der Waals surface area contributed by atoms with Gasteiger partial charge in [0.25, 0.3) is 5.91 Å². The Labute approximate surface area is 175 Å². The molecule has 148 valence electrons. The highest BCUT2D eigenvalue weighted by atomic mass is 16.3. The lowest BCUT2D eigenvalue weighted by molar-refractivity contribution is 0.0953. The topological polar surface area (TPSA) is 54.6 Å². The zero-order valence-corrected chi connectivity index (χ0v) is 16.9. The fourth-order valence-electron chi connectivity index (χ4n) is 3.37. The Kier molecular flexibility index (Phi) is 5.57. The van der Waals surface area contributed by atoms with Crippen molar-refractivity contribution < 1.29 is 9.21 Å². The molecule has 0 radical (unpaired) electrons. The van der Waals surface area contributed by atoms with Gasteiger partial charge in [0.2, 0.25) is 0 Å². The molecule has 0 atom stereocenters. The Morgan fingerprint density at radius 2 is 1.33 bits per heavy atom. The molecule has 0 unspecified atom stereocenters. The Morgan fingerprint density at radius 1 is 0.767 bits per heavy atom. The van der Waals surface area contributed by atoms with Gasteiger partial charge >= 0.3 is 0 Å². The van der Waals surface area contributed by atoms with Crippen LogP contribution in [0.1, 0.15) is 33.0 Å². The van der Waals surface area contributed by atoms with Crippen molar-refractivity contribution in [1.29, 1.82) is 0 Å². The van der Waals surface area contributed by atoms with E-state index in [9.17, 15) is 4.79 Å². The largest absolute Gasteiger partial charge is 0.466 e. The maximum atomic E-state index is 12.6. The van der Waals surface area contributed by atoms with Gasteiger partial charge in [-0.1, -0.05) is 84.9 Å². The molecule has 0 saturated heterocycles. The van der Waals surface area contributed by atoms with Gasteiger partial charge in [0, 0.05) is 11.1 Å². The third kappa shape index (κ3) is 4.23. The standard InChI is InChI=1S/C26H22N2O2/c1-18-17-24(19(2)30-18)26(29)28-27-25(22-11-7-4-8-12-22)23-15-13-21(14-16-23)20-9-5-3-6-10-20/h3-17H,1-2H3,(H,28,29)/b27-25+. The van der Waals surface area contributed by atoms with E-state index in [1.54, 1.807) is 13.0 Å². The predicted molar refractivity (Wildman–Crippen MR) is 120 cm³/mol. The van der Waals surface area contributed by atoms with Crippen LogP contribution in [-0.4, -0.2) is 11.6 Å². The summed E-state index contributed by atoms with van der Waals surface area (Å²) in [5.74, 6) is 0.980. The second-order valence-electron chi connectivity index (χ2n) is 7.04. The second-order valence-corrected chi connectivity index (χ2v) is 7.04. The number of hydrogen-bond donors (Lipinski definition) is 1. The van der Waals surface area contributed by atoms with Crippen molar-refractivity contribution in [1.82, 2.24) is 5.43 Å². The number of hydrogen-bond acceptors (Lipinski definition) is 3. The first kappa shape index (κ1) is 19.4. The van der Waals surface area contributed by atoms with Gasteiger partial charge < -0.3 is 4.42 Å². The maximum Gasteiger partial charge on any atom is 0.274 e. The van der Waals surface area contributed by atoms with E-state index in [1.165, 1.54) is 0 Å². The second kappa shape index (κ2) is 8.62. The van der Waals surface area contributed by atoms with Crippen LogP contribution in [0.3, 0.4) is 0 Å². The van der Waals surface area contributed by atoms with E-state index >= 15 is 0 Å². The lowest BCUT2D eigenvalue weighted by Crippen LogP contribution is -2.20. The zero-order valence-electron chi connectivity index (χ0n) is 16.9. The third-order valence-corrected chi connectivity index (χ3v) is 4.87. The number of furan rings is 1. The molecule has 4 heteroatoms. The van der Waals surface area contributed by atoms with E-state index in [0.29, 0.717) is 22.8 Å². The van der Waals surface area contributed by atoms with Crippen LogP contribution in [0.4, 0.5) is 0 Å². The van der Waals surface area contributed by atoms with Crippen molar-refractivity contribution >= 4 is 11.6 Å². The average molecular weight is 394 g/mol. The molecule has 4 rings (SSSR count). The molecule has 1 N–H and O–H groups in total. The van der Waals surface area contributed by atoms with Crippen molar-refractivity contribution in [2.75, 3.05) is 0 Å². The van der Waals surface area contributed by atoms with Crippen LogP contribution in [0.15, 0.2) is 101 Å². The fourth-order valence-corrected chi connectivity index (χ4v) is 3.37. The molecule has 1 heterocycles. The van der Waals surface area contributed by atoms with Crippen LogP contribution in [0.5, 0.6) is 0 Å². The highest BCUT2D eigenvalue weighted by molar-refractivity contribution is 6.13. The summed E-state index contributed by atoms with van der Waals surface area (Å²) in [6.45, 7) is 3.59. The summed E-state index contributed by atoms with van der Waals surface area (Å²) in [4.78, 5) is 12.6. The van der Waals surface area contributed by atoms with Gasteiger partial charge in [-0.3, -0.25) is 4.79 Å². The van der Waals surface area contributed by atoms with Crippen LogP contribution >= 0.6 is 0 Å². The fraction of sp³-hybridized carbons (Fsp3) is 0.0769. The molecule has 1 aromatic heterocycles. The minimum atomic E-state index is -0.293. The highest BCUT2D eigenvalue weighted by Crippen LogP contribution is 2.21. The Hall–Kier alpha value is -3.92. The minimum absolute atomic E-state index is 0.293. The summed E-state index contributed by atoms with van der Waals surface area (Å²) in [6.07, 6.45) is 0. The molecule has 4 aromatic rings. The first-order valence-corrected chi connectivity index (χ1v) is 9.78. The molecule has 0 fully saturated rings. The van der Waals surface area contributed by atoms with Crippen molar-refractivity contribution in [3.63, 3.8) is 0 Å². The van der Waals surface area contributed by atoms with Gasteiger partial charge in [0.1, 0.15) is 11.5 Å². The Bertz CT molecular complexity index is 1170. The van der Waals surface area contributed by atoms with Gasteiger partial charge in [-0.05, 0) is 31.0 Å². The van der Waals surface area contributed by atoms with E-state index in [0.717, 1.165) is 22.3 Å². The van der Waals surface area contributed by atoms with Gasteiger partial charge in [-0.25, -0.2) is 5.43 Å². The number of rotatable bonds is 5. The van der Waals surface area contributed by atoms with Crippen LogP contribution in [-0.2, 0) is 0 Å². The lowest BCUT2D eigenvalue weighted by Gasteiger charge is -2.09. The van der Waals surface area contributed by atoms with Crippen LogP contribution in [0.25, 0.3) is 11.1 Å². The summed E-state index contributed by atoms with van der Waals surface area (Å²) in [6, 6.07) is 29.9. The highest BCUT2D eigenvalue weighted by Gasteiger charge is 2.14. The number of carbonyl (C=O) groups excluding carboxylic acids is 1. The Balaban J connectivity index is 1.66. The monoisotopic (exact) mass is 394 g/mol. The molecule has 0 saturated carbocycles. The molecule has 0 aliphatic rings. The van der Waals surface area contributed by atoms with Crippen molar-refractivity contribution in [2.24, 2.45) is 5.10 Å². The first-order chi connectivity index (χ1) is 14.6. The zero-order chi connectivity index (χ0) is 20.9. The quantitative estimate of drug-likeness (QED) is 0.346. The molecule has 3 aromatic carbocycles. The number of nitrogens with one attached hydrogen (secondary N) is 1. The molecule has 0 aliphatic carbocycles. The number of hydrazone groups is 1. The van der Waals surface area contributed by atoms with E-state index in [2.05, 4.69) is 34.8 Å². The molecule has 30 heavy (non-hydrogen) atoms. The van der Waals surface area contributed by atoms with Crippen LogP contribution < -0.4 is 5.43 Å². The number of nitrogens with zero attached hydrogens (tertiary/aromatic N) is 1. The van der Waals surface area contributed by atoms with E-state index in [4.69, 9.17) is 4.42 Å². The normalized spacial score (nSPS) is 11.3. The smallest absolute Gasteiger partial charge is 0.274 e. The molecule has 4 nitrogen and oxygen atoms in total. The number of aryl methyl sites for hydroxylation is 2. The van der Waals surface area contributed by atoms with Crippen molar-refractivity contribution in [3.8, 4) is 11.1 Å². The molecule has 0 spiro atoms. The summed E-state index contributed by atoms with van der Waals surface area (Å²) in [5, 5.41) is 4.47. The maximum absolute atomic E-state index is 12.6. The molecule has 0 bridgehead atoms. The molecule has 0 aliphatic heterocycles. The Morgan fingerprint density at radius 3 is 1.93 bits per heavy atom.